The maximum absolute atomic E-state index is 11.9. The molecule has 2 amide bonds. The zero-order chi connectivity index (χ0) is 18.2. The fourth-order valence-corrected chi connectivity index (χ4v) is 4.45. The molecule has 0 aromatic heterocycles. The van der Waals surface area contributed by atoms with Crippen molar-refractivity contribution in [2.24, 2.45) is 27.8 Å². The number of carbonyl (C=O) groups excluding carboxylic acids is 3. The van der Waals surface area contributed by atoms with Gasteiger partial charge < -0.3 is 10.1 Å². The molecule has 1 saturated heterocycles. The molecule has 138 valence electrons. The SMILES string of the molecule is CC12CCC(CC1=NNC(=O)COC(=O)C1CCC(=O)NC1)C2(C)C. The van der Waals surface area contributed by atoms with Crippen molar-refractivity contribution in [1.29, 1.82) is 0 Å². The van der Waals surface area contributed by atoms with Gasteiger partial charge in [-0.15, -0.1) is 0 Å². The van der Waals surface area contributed by atoms with E-state index in [1.54, 1.807) is 0 Å². The van der Waals surface area contributed by atoms with E-state index in [4.69, 9.17) is 4.74 Å². The molecular formula is C18H27N3O4. The Kier molecular flexibility index (Phi) is 4.60. The van der Waals surface area contributed by atoms with E-state index in [1.165, 1.54) is 6.42 Å². The molecule has 2 aliphatic carbocycles. The minimum Gasteiger partial charge on any atom is -0.455 e. The number of esters is 1. The van der Waals surface area contributed by atoms with E-state index in [1.807, 2.05) is 0 Å². The number of hydrazone groups is 1. The van der Waals surface area contributed by atoms with E-state index in [0.29, 0.717) is 18.8 Å². The molecule has 3 rings (SSSR count). The van der Waals surface area contributed by atoms with Crippen LogP contribution in [0.15, 0.2) is 5.10 Å². The largest absolute Gasteiger partial charge is 0.455 e. The van der Waals surface area contributed by atoms with Crippen LogP contribution in [0.3, 0.4) is 0 Å². The molecule has 25 heavy (non-hydrogen) atoms. The Bertz CT molecular complexity index is 618. The molecule has 3 fully saturated rings. The van der Waals surface area contributed by atoms with Gasteiger partial charge in [0.25, 0.3) is 5.91 Å². The number of hydrogen-bond donors (Lipinski definition) is 2. The van der Waals surface area contributed by atoms with Gasteiger partial charge in [0, 0.05) is 24.1 Å². The van der Waals surface area contributed by atoms with Crippen LogP contribution in [0.25, 0.3) is 0 Å². The average Bonchev–Trinajstić information content (AvgIpc) is 2.91. The van der Waals surface area contributed by atoms with Crippen molar-refractivity contribution in [2.45, 2.75) is 52.9 Å². The summed E-state index contributed by atoms with van der Waals surface area (Å²) in [5.41, 5.74) is 3.82. The standard InChI is InChI=1S/C18H27N3O4/c1-17(2)12-6-7-18(17,3)13(8-12)20-21-15(23)10-25-16(24)11-4-5-14(22)19-9-11/h11-12H,4-10H2,1-3H3,(H,19,22)(H,21,23). The van der Waals surface area contributed by atoms with Crippen LogP contribution in [0.5, 0.6) is 0 Å². The van der Waals surface area contributed by atoms with Crippen LogP contribution in [0.2, 0.25) is 0 Å². The van der Waals surface area contributed by atoms with Gasteiger partial charge in [-0.25, -0.2) is 5.43 Å². The van der Waals surface area contributed by atoms with E-state index >= 15 is 0 Å². The second-order valence-electron chi connectivity index (χ2n) is 8.23. The molecule has 3 atom stereocenters. The quantitative estimate of drug-likeness (QED) is 0.592. The van der Waals surface area contributed by atoms with Gasteiger partial charge in [-0.05, 0) is 37.0 Å². The first-order chi connectivity index (χ1) is 11.7. The summed E-state index contributed by atoms with van der Waals surface area (Å²) in [4.78, 5) is 35.0. The first-order valence-corrected chi connectivity index (χ1v) is 9.03. The third-order valence-corrected chi connectivity index (χ3v) is 6.77. The van der Waals surface area contributed by atoms with Gasteiger partial charge in [-0.3, -0.25) is 14.4 Å². The Labute approximate surface area is 147 Å². The molecule has 7 nitrogen and oxygen atoms in total. The van der Waals surface area contributed by atoms with Crippen LogP contribution in [-0.4, -0.2) is 36.6 Å². The molecule has 7 heteroatoms. The van der Waals surface area contributed by atoms with Crippen LogP contribution in [-0.2, 0) is 19.1 Å². The van der Waals surface area contributed by atoms with Crippen LogP contribution >= 0.6 is 0 Å². The Morgan fingerprint density at radius 1 is 1.32 bits per heavy atom. The van der Waals surface area contributed by atoms with Crippen molar-refractivity contribution < 1.29 is 19.1 Å². The lowest BCUT2D eigenvalue weighted by molar-refractivity contribution is -0.153. The lowest BCUT2D eigenvalue weighted by Gasteiger charge is -2.34. The van der Waals surface area contributed by atoms with Gasteiger partial charge in [-0.2, -0.15) is 5.10 Å². The summed E-state index contributed by atoms with van der Waals surface area (Å²) in [5, 5.41) is 6.97. The molecule has 2 saturated carbocycles. The summed E-state index contributed by atoms with van der Waals surface area (Å²) < 4.78 is 5.05. The predicted molar refractivity (Wildman–Crippen MR) is 91.5 cm³/mol. The minimum absolute atomic E-state index is 0.0297. The molecule has 2 bridgehead atoms. The van der Waals surface area contributed by atoms with Crippen molar-refractivity contribution in [3.8, 4) is 0 Å². The molecular weight excluding hydrogens is 322 g/mol. The maximum Gasteiger partial charge on any atom is 0.311 e. The van der Waals surface area contributed by atoms with Crippen molar-refractivity contribution in [1.82, 2.24) is 10.7 Å². The number of amides is 2. The fourth-order valence-electron chi connectivity index (χ4n) is 4.45. The average molecular weight is 349 g/mol. The zero-order valence-electron chi connectivity index (χ0n) is 15.2. The second-order valence-corrected chi connectivity index (χ2v) is 8.23. The Morgan fingerprint density at radius 3 is 2.64 bits per heavy atom. The highest BCUT2D eigenvalue weighted by Gasteiger charge is 2.60. The van der Waals surface area contributed by atoms with Gasteiger partial charge in [0.15, 0.2) is 6.61 Å². The Hall–Kier alpha value is -1.92. The molecule has 0 spiro atoms. The predicted octanol–water partition coefficient (Wildman–Crippen LogP) is 1.37. The van der Waals surface area contributed by atoms with Crippen molar-refractivity contribution in [3.63, 3.8) is 0 Å². The van der Waals surface area contributed by atoms with E-state index in [2.05, 4.69) is 36.6 Å². The van der Waals surface area contributed by atoms with Crippen LogP contribution in [0.1, 0.15) is 52.9 Å². The third-order valence-electron chi connectivity index (χ3n) is 6.77. The normalized spacial score (nSPS) is 34.7. The van der Waals surface area contributed by atoms with Crippen LogP contribution in [0.4, 0.5) is 0 Å². The minimum atomic E-state index is -0.448. The lowest BCUT2D eigenvalue weighted by Crippen LogP contribution is -2.40. The molecule has 3 aliphatic rings. The molecule has 2 N–H and O–H groups in total. The molecule has 0 aromatic carbocycles. The topological polar surface area (TPSA) is 96.9 Å². The summed E-state index contributed by atoms with van der Waals surface area (Å²) in [6.45, 7) is 6.71. The van der Waals surface area contributed by atoms with Gasteiger partial charge in [0.2, 0.25) is 5.91 Å². The number of piperidine rings is 1. The smallest absolute Gasteiger partial charge is 0.311 e. The van der Waals surface area contributed by atoms with Gasteiger partial charge in [-0.1, -0.05) is 20.8 Å². The second kappa shape index (κ2) is 6.42. The summed E-state index contributed by atoms with van der Waals surface area (Å²) >= 11 is 0. The molecule has 0 aromatic rings. The summed E-state index contributed by atoms with van der Waals surface area (Å²) in [6, 6.07) is 0. The number of fused-ring (bicyclic) bond motifs is 2. The van der Waals surface area contributed by atoms with Crippen molar-refractivity contribution >= 4 is 23.5 Å². The zero-order valence-corrected chi connectivity index (χ0v) is 15.2. The van der Waals surface area contributed by atoms with Gasteiger partial charge >= 0.3 is 5.97 Å². The van der Waals surface area contributed by atoms with Crippen LogP contribution in [0, 0.1) is 22.7 Å². The monoisotopic (exact) mass is 349 g/mol. The highest BCUT2D eigenvalue weighted by Crippen LogP contribution is 2.63. The van der Waals surface area contributed by atoms with Crippen LogP contribution < -0.4 is 10.7 Å². The molecule has 0 radical (unpaired) electrons. The summed E-state index contributed by atoms with van der Waals surface area (Å²) in [7, 11) is 0. The lowest BCUT2D eigenvalue weighted by atomic mass is 9.70. The fraction of sp³-hybridized carbons (Fsp3) is 0.778. The first kappa shape index (κ1) is 17.9. The van der Waals surface area contributed by atoms with Crippen molar-refractivity contribution in [3.05, 3.63) is 0 Å². The van der Waals surface area contributed by atoms with E-state index in [9.17, 15) is 14.4 Å². The van der Waals surface area contributed by atoms with Crippen molar-refractivity contribution in [2.75, 3.05) is 13.2 Å². The molecule has 1 heterocycles. The summed E-state index contributed by atoms with van der Waals surface area (Å²) in [5.74, 6) is -0.685. The third kappa shape index (κ3) is 3.16. The molecule has 1 aliphatic heterocycles. The van der Waals surface area contributed by atoms with Gasteiger partial charge in [0.05, 0.1) is 5.92 Å². The van der Waals surface area contributed by atoms with E-state index in [0.717, 1.165) is 18.6 Å². The number of ether oxygens (including phenoxy) is 1. The highest BCUT2D eigenvalue weighted by molar-refractivity contribution is 5.95. The summed E-state index contributed by atoms with van der Waals surface area (Å²) in [6.07, 6.45) is 4.01. The Morgan fingerprint density at radius 2 is 2.08 bits per heavy atom. The number of nitrogens with zero attached hydrogens (tertiary/aromatic N) is 1. The molecule has 3 unspecified atom stereocenters. The Balaban J connectivity index is 1.47. The number of carbonyl (C=O) groups is 3. The number of rotatable bonds is 4. The number of nitrogens with one attached hydrogen (secondary N) is 2. The van der Waals surface area contributed by atoms with E-state index in [-0.39, 0.29) is 35.8 Å². The maximum atomic E-state index is 11.9. The first-order valence-electron chi connectivity index (χ1n) is 9.03. The highest BCUT2D eigenvalue weighted by atomic mass is 16.5. The van der Waals surface area contributed by atoms with E-state index < -0.39 is 11.9 Å². The number of hydrogen-bond acceptors (Lipinski definition) is 5. The van der Waals surface area contributed by atoms with Gasteiger partial charge in [0.1, 0.15) is 0 Å².